The van der Waals surface area contributed by atoms with Crippen molar-refractivity contribution in [2.75, 3.05) is 7.11 Å². The van der Waals surface area contributed by atoms with E-state index >= 15 is 0 Å². The zero-order chi connectivity index (χ0) is 20.8. The van der Waals surface area contributed by atoms with Gasteiger partial charge in [-0.3, -0.25) is 0 Å². The van der Waals surface area contributed by atoms with Gasteiger partial charge in [0.1, 0.15) is 12.2 Å². The summed E-state index contributed by atoms with van der Waals surface area (Å²) in [4.78, 5) is 0. The minimum Gasteiger partial charge on any atom is -0.501 e. The highest BCUT2D eigenvalue weighted by molar-refractivity contribution is 5.13. The number of hydrogen-bond acceptors (Lipinski definition) is 7. The number of methoxy groups -OCH3 is 1. The molecule has 0 aromatic rings. The van der Waals surface area contributed by atoms with E-state index in [9.17, 15) is 25.5 Å². The summed E-state index contributed by atoms with van der Waals surface area (Å²) >= 11 is 0. The van der Waals surface area contributed by atoms with Crippen LogP contribution in [-0.4, -0.2) is 69.5 Å². The van der Waals surface area contributed by atoms with Gasteiger partial charge in [0, 0.05) is 18.3 Å². The first-order chi connectivity index (χ1) is 13.3. The van der Waals surface area contributed by atoms with Crippen molar-refractivity contribution in [3.8, 4) is 0 Å². The molecule has 0 amide bonds. The Hall–Kier alpha value is -1.22. The van der Waals surface area contributed by atoms with Gasteiger partial charge >= 0.3 is 0 Å². The smallest absolute Gasteiger partial charge is 0.161 e. The van der Waals surface area contributed by atoms with Crippen LogP contribution < -0.4 is 0 Å². The van der Waals surface area contributed by atoms with Crippen LogP contribution in [0.5, 0.6) is 0 Å². The monoisotopic (exact) mass is 398 g/mol. The standard InChI is InChI=1S/C21H34O7/c1-4-13-8-9-17(23)20(25)16(22)7-5-6-14-10-15(27-3)11-18(24)19(14)21(26)28-12(13)2/h5-6,8-9,11-14,16-26H,4,7,10H2,1-3H3/b6-5+,9-8-/t12-,13-,14-,16-,17?,18?,19?,20-,21?/m0/s1. The third-order valence-electron chi connectivity index (χ3n) is 5.76. The van der Waals surface area contributed by atoms with Crippen LogP contribution in [0.25, 0.3) is 0 Å². The Bertz CT molecular complexity index is 573. The van der Waals surface area contributed by atoms with Crippen molar-refractivity contribution in [1.29, 1.82) is 0 Å². The van der Waals surface area contributed by atoms with Gasteiger partial charge in [0.2, 0.25) is 0 Å². The molecule has 2 aliphatic rings. The maximum atomic E-state index is 10.7. The third-order valence-corrected chi connectivity index (χ3v) is 5.76. The van der Waals surface area contributed by atoms with Crippen molar-refractivity contribution in [3.05, 3.63) is 36.1 Å². The summed E-state index contributed by atoms with van der Waals surface area (Å²) in [6, 6.07) is 0. The van der Waals surface area contributed by atoms with E-state index in [1.165, 1.54) is 13.2 Å². The molecule has 1 aliphatic carbocycles. The van der Waals surface area contributed by atoms with Gasteiger partial charge in [0.05, 0.1) is 31.2 Å². The number of rotatable bonds is 2. The Morgan fingerprint density at radius 2 is 1.79 bits per heavy atom. The Balaban J connectivity index is 2.34. The molecule has 0 bridgehead atoms. The summed E-state index contributed by atoms with van der Waals surface area (Å²) in [5, 5.41) is 51.7. The Labute approximate surface area is 166 Å². The second kappa shape index (κ2) is 10.5. The SMILES string of the molecule is CC[C@H]1/C=C\C(O)[C@@H](O)[C@@H](O)C/C=C/[C@H]2CC(OC)=CC(O)C2C(O)O[C@H]1C. The average molecular weight is 398 g/mol. The molecule has 0 saturated heterocycles. The fourth-order valence-corrected chi connectivity index (χ4v) is 3.89. The molecule has 28 heavy (non-hydrogen) atoms. The molecule has 7 nitrogen and oxygen atoms in total. The Morgan fingerprint density at radius 3 is 2.43 bits per heavy atom. The minimum atomic E-state index is -1.31. The summed E-state index contributed by atoms with van der Waals surface area (Å²) in [6.07, 6.45) is 3.37. The van der Waals surface area contributed by atoms with Crippen molar-refractivity contribution < 1.29 is 35.0 Å². The molecular weight excluding hydrogens is 364 g/mol. The highest BCUT2D eigenvalue weighted by atomic mass is 16.6. The maximum Gasteiger partial charge on any atom is 0.161 e. The van der Waals surface area contributed by atoms with Crippen LogP contribution in [0.3, 0.4) is 0 Å². The second-order valence-electron chi connectivity index (χ2n) is 7.67. The molecule has 5 N–H and O–H groups in total. The lowest BCUT2D eigenvalue weighted by atomic mass is 9.79. The minimum absolute atomic E-state index is 0.114. The molecule has 0 fully saturated rings. The number of allylic oxidation sites excluding steroid dienone is 2. The first kappa shape index (κ1) is 23.1. The zero-order valence-corrected chi connectivity index (χ0v) is 16.8. The van der Waals surface area contributed by atoms with E-state index in [2.05, 4.69) is 0 Å². The molecule has 0 radical (unpaired) electrons. The fraction of sp³-hybridized carbons (Fsp3) is 0.714. The predicted octanol–water partition coefficient (Wildman–Crippen LogP) is 0.862. The first-order valence-electron chi connectivity index (χ1n) is 9.93. The van der Waals surface area contributed by atoms with Crippen molar-refractivity contribution in [3.63, 3.8) is 0 Å². The van der Waals surface area contributed by atoms with Crippen LogP contribution >= 0.6 is 0 Å². The number of aliphatic hydroxyl groups excluding tert-OH is 5. The summed E-state index contributed by atoms with van der Waals surface area (Å²) in [6.45, 7) is 3.78. The van der Waals surface area contributed by atoms with Crippen LogP contribution in [0.15, 0.2) is 36.1 Å². The van der Waals surface area contributed by atoms with E-state index < -0.39 is 36.6 Å². The highest BCUT2D eigenvalue weighted by Crippen LogP contribution is 2.35. The van der Waals surface area contributed by atoms with Gasteiger partial charge in [-0.05, 0) is 31.8 Å². The van der Waals surface area contributed by atoms with Crippen LogP contribution in [0.2, 0.25) is 0 Å². The molecule has 0 saturated carbocycles. The molecule has 160 valence electrons. The van der Waals surface area contributed by atoms with Crippen LogP contribution in [0.1, 0.15) is 33.1 Å². The van der Waals surface area contributed by atoms with Gasteiger partial charge in [-0.15, -0.1) is 0 Å². The van der Waals surface area contributed by atoms with Crippen molar-refractivity contribution in [2.45, 2.75) is 69.9 Å². The van der Waals surface area contributed by atoms with Gasteiger partial charge in [-0.2, -0.15) is 0 Å². The average Bonchev–Trinajstić information content (AvgIpc) is 2.66. The highest BCUT2D eigenvalue weighted by Gasteiger charge is 2.38. The summed E-state index contributed by atoms with van der Waals surface area (Å²) in [5.74, 6) is -0.360. The van der Waals surface area contributed by atoms with E-state index in [1.807, 2.05) is 13.8 Å². The molecule has 2 rings (SSSR count). The van der Waals surface area contributed by atoms with Crippen LogP contribution in [0, 0.1) is 17.8 Å². The van der Waals surface area contributed by atoms with E-state index in [-0.39, 0.29) is 24.4 Å². The Morgan fingerprint density at radius 1 is 1.07 bits per heavy atom. The van der Waals surface area contributed by atoms with Crippen LogP contribution in [0.4, 0.5) is 0 Å². The van der Waals surface area contributed by atoms with Crippen molar-refractivity contribution >= 4 is 0 Å². The molecule has 1 heterocycles. The molecule has 4 unspecified atom stereocenters. The zero-order valence-electron chi connectivity index (χ0n) is 16.8. The van der Waals surface area contributed by atoms with E-state index in [0.717, 1.165) is 0 Å². The number of fused-ring (bicyclic) bond motifs is 1. The molecule has 9 atom stereocenters. The van der Waals surface area contributed by atoms with Crippen LogP contribution in [-0.2, 0) is 9.47 Å². The summed E-state index contributed by atoms with van der Waals surface area (Å²) < 4.78 is 11.1. The maximum absolute atomic E-state index is 10.7. The summed E-state index contributed by atoms with van der Waals surface area (Å²) in [5.41, 5.74) is 0. The van der Waals surface area contributed by atoms with E-state index in [1.54, 1.807) is 24.3 Å². The van der Waals surface area contributed by atoms with Gasteiger partial charge in [0.25, 0.3) is 0 Å². The molecule has 1 aliphatic heterocycles. The van der Waals surface area contributed by atoms with Crippen molar-refractivity contribution in [2.24, 2.45) is 17.8 Å². The molecule has 7 heteroatoms. The molecule has 0 spiro atoms. The van der Waals surface area contributed by atoms with E-state index in [4.69, 9.17) is 9.47 Å². The Kier molecular flexibility index (Phi) is 8.67. The number of ether oxygens (including phenoxy) is 2. The third kappa shape index (κ3) is 5.65. The molecular formula is C21H34O7. The largest absolute Gasteiger partial charge is 0.501 e. The lowest BCUT2D eigenvalue weighted by Gasteiger charge is -2.37. The molecule has 0 aromatic carbocycles. The van der Waals surface area contributed by atoms with Gasteiger partial charge in [0.15, 0.2) is 6.29 Å². The van der Waals surface area contributed by atoms with Crippen molar-refractivity contribution in [1.82, 2.24) is 0 Å². The lowest BCUT2D eigenvalue weighted by molar-refractivity contribution is -0.193. The number of hydrogen-bond donors (Lipinski definition) is 5. The van der Waals surface area contributed by atoms with Gasteiger partial charge < -0.3 is 35.0 Å². The first-order valence-corrected chi connectivity index (χ1v) is 9.93. The van der Waals surface area contributed by atoms with Gasteiger partial charge in [-0.1, -0.05) is 31.2 Å². The van der Waals surface area contributed by atoms with E-state index in [0.29, 0.717) is 18.6 Å². The molecule has 0 aromatic heterocycles. The topological polar surface area (TPSA) is 120 Å². The quantitative estimate of drug-likeness (QED) is 0.438. The second-order valence-corrected chi connectivity index (χ2v) is 7.67. The fourth-order valence-electron chi connectivity index (χ4n) is 3.89. The lowest BCUT2D eigenvalue weighted by Crippen LogP contribution is -2.43. The predicted molar refractivity (Wildman–Crippen MR) is 104 cm³/mol. The number of aliphatic hydroxyl groups is 5. The normalized spacial score (nSPS) is 45.3. The summed E-state index contributed by atoms with van der Waals surface area (Å²) in [7, 11) is 1.53. The van der Waals surface area contributed by atoms with Gasteiger partial charge in [-0.25, -0.2) is 0 Å².